The third-order valence-corrected chi connectivity index (χ3v) is 4.80. The number of β-amino-alcohol motifs (C(OH)–C–C–N with tert-alkyl or cyclic N) is 1. The van der Waals surface area contributed by atoms with Gasteiger partial charge in [0, 0.05) is 12.1 Å². The fourth-order valence-corrected chi connectivity index (χ4v) is 3.30. The zero-order valence-corrected chi connectivity index (χ0v) is 15.9. The average molecular weight is 314 g/mol. The molecule has 0 spiro atoms. The van der Waals surface area contributed by atoms with E-state index in [0.717, 1.165) is 6.54 Å². The first-order valence-corrected chi connectivity index (χ1v) is 10.0. The van der Waals surface area contributed by atoms with Gasteiger partial charge in [-0.3, -0.25) is 0 Å². The van der Waals surface area contributed by atoms with Crippen LogP contribution in [0.4, 0.5) is 0 Å². The molecule has 22 heavy (non-hydrogen) atoms. The van der Waals surface area contributed by atoms with E-state index in [2.05, 4.69) is 26.1 Å². The largest absolute Gasteiger partial charge is 0.392 e. The van der Waals surface area contributed by atoms with Crippen LogP contribution in [0.3, 0.4) is 0 Å². The lowest BCUT2D eigenvalue weighted by Crippen LogP contribution is -2.48. The van der Waals surface area contributed by atoms with Crippen LogP contribution in [-0.2, 0) is 0 Å². The molecule has 2 N–H and O–H groups in total. The van der Waals surface area contributed by atoms with Gasteiger partial charge < -0.3 is 10.4 Å². The highest BCUT2D eigenvalue weighted by molar-refractivity contribution is 4.88. The summed E-state index contributed by atoms with van der Waals surface area (Å²) in [7, 11) is 0. The second-order valence-corrected chi connectivity index (χ2v) is 7.24. The number of aliphatic hydroxyl groups excluding tert-OH is 1. The molecule has 0 aliphatic heterocycles. The SMILES string of the molecule is CCCCCCC(CCCC)(CCCCCC)NCC(C)O. The first kappa shape index (κ1) is 21.9. The summed E-state index contributed by atoms with van der Waals surface area (Å²) in [5.41, 5.74) is 0.272. The van der Waals surface area contributed by atoms with Crippen molar-refractivity contribution in [2.45, 2.75) is 123 Å². The fourth-order valence-electron chi connectivity index (χ4n) is 3.30. The number of nitrogens with one attached hydrogen (secondary N) is 1. The lowest BCUT2D eigenvalue weighted by molar-refractivity contribution is 0.154. The molecule has 1 atom stereocenters. The Morgan fingerprint density at radius 1 is 0.727 bits per heavy atom. The van der Waals surface area contributed by atoms with Gasteiger partial charge in [0.2, 0.25) is 0 Å². The van der Waals surface area contributed by atoms with Gasteiger partial charge in [0.1, 0.15) is 0 Å². The Bertz CT molecular complexity index is 216. The van der Waals surface area contributed by atoms with E-state index in [1.54, 1.807) is 0 Å². The molecule has 2 nitrogen and oxygen atoms in total. The first-order chi connectivity index (χ1) is 10.6. The van der Waals surface area contributed by atoms with Crippen LogP contribution < -0.4 is 5.32 Å². The van der Waals surface area contributed by atoms with Crippen LogP contribution in [-0.4, -0.2) is 23.3 Å². The molecule has 1 unspecified atom stereocenters. The second kappa shape index (κ2) is 14.5. The molecule has 0 bridgehead atoms. The molecule has 0 amide bonds. The molecule has 0 radical (unpaired) electrons. The van der Waals surface area contributed by atoms with E-state index in [-0.39, 0.29) is 11.6 Å². The highest BCUT2D eigenvalue weighted by Gasteiger charge is 2.28. The summed E-state index contributed by atoms with van der Waals surface area (Å²) in [6, 6.07) is 0. The number of rotatable bonds is 16. The van der Waals surface area contributed by atoms with Crippen molar-refractivity contribution in [3.05, 3.63) is 0 Å². The van der Waals surface area contributed by atoms with Gasteiger partial charge in [0.05, 0.1) is 6.10 Å². The van der Waals surface area contributed by atoms with Crippen LogP contribution >= 0.6 is 0 Å². The summed E-state index contributed by atoms with van der Waals surface area (Å²) in [5, 5.41) is 13.5. The van der Waals surface area contributed by atoms with Crippen molar-refractivity contribution in [1.29, 1.82) is 0 Å². The van der Waals surface area contributed by atoms with Crippen molar-refractivity contribution in [2.24, 2.45) is 0 Å². The Morgan fingerprint density at radius 2 is 1.18 bits per heavy atom. The Morgan fingerprint density at radius 3 is 1.59 bits per heavy atom. The summed E-state index contributed by atoms with van der Waals surface area (Å²) >= 11 is 0. The highest BCUT2D eigenvalue weighted by atomic mass is 16.3. The summed E-state index contributed by atoms with van der Waals surface area (Å²) in [5.74, 6) is 0. The smallest absolute Gasteiger partial charge is 0.0636 e. The van der Waals surface area contributed by atoms with Crippen molar-refractivity contribution < 1.29 is 5.11 Å². The van der Waals surface area contributed by atoms with Crippen molar-refractivity contribution >= 4 is 0 Å². The van der Waals surface area contributed by atoms with E-state index in [1.807, 2.05) is 6.92 Å². The monoisotopic (exact) mass is 313 g/mol. The molecule has 0 aliphatic rings. The Hall–Kier alpha value is -0.0800. The molecule has 0 heterocycles. The van der Waals surface area contributed by atoms with Crippen LogP contribution in [0.15, 0.2) is 0 Å². The Kier molecular flexibility index (Phi) is 14.5. The number of unbranched alkanes of at least 4 members (excludes halogenated alkanes) is 7. The molecule has 0 aromatic rings. The van der Waals surface area contributed by atoms with Crippen LogP contribution in [0.2, 0.25) is 0 Å². The van der Waals surface area contributed by atoms with Crippen molar-refractivity contribution in [1.82, 2.24) is 5.32 Å². The molecule has 134 valence electrons. The van der Waals surface area contributed by atoms with Gasteiger partial charge in [-0.25, -0.2) is 0 Å². The third-order valence-electron chi connectivity index (χ3n) is 4.80. The predicted octanol–water partition coefficient (Wildman–Crippen LogP) is 5.83. The second-order valence-electron chi connectivity index (χ2n) is 7.24. The van der Waals surface area contributed by atoms with Gasteiger partial charge in [-0.15, -0.1) is 0 Å². The quantitative estimate of drug-likeness (QED) is 0.351. The maximum atomic E-state index is 9.70. The minimum absolute atomic E-state index is 0.243. The van der Waals surface area contributed by atoms with Gasteiger partial charge in [-0.1, -0.05) is 85.0 Å². The lowest BCUT2D eigenvalue weighted by atomic mass is 9.81. The zero-order chi connectivity index (χ0) is 16.7. The van der Waals surface area contributed by atoms with E-state index < -0.39 is 0 Å². The van der Waals surface area contributed by atoms with Gasteiger partial charge in [0.25, 0.3) is 0 Å². The predicted molar refractivity (Wildman–Crippen MR) is 99.5 cm³/mol. The number of hydrogen-bond acceptors (Lipinski definition) is 2. The van der Waals surface area contributed by atoms with E-state index in [1.165, 1.54) is 83.5 Å². The minimum Gasteiger partial charge on any atom is -0.392 e. The van der Waals surface area contributed by atoms with E-state index in [9.17, 15) is 5.11 Å². The maximum Gasteiger partial charge on any atom is 0.0636 e. The third kappa shape index (κ3) is 11.5. The number of aliphatic hydroxyl groups is 1. The van der Waals surface area contributed by atoms with Crippen molar-refractivity contribution in [2.75, 3.05) is 6.54 Å². The highest BCUT2D eigenvalue weighted by Crippen LogP contribution is 2.28. The molecular weight excluding hydrogens is 270 g/mol. The van der Waals surface area contributed by atoms with Crippen LogP contribution in [0, 0.1) is 0 Å². The maximum absolute atomic E-state index is 9.70. The summed E-state index contributed by atoms with van der Waals surface area (Å²) in [4.78, 5) is 0. The molecule has 0 saturated carbocycles. The van der Waals surface area contributed by atoms with E-state index in [4.69, 9.17) is 0 Å². The standard InChI is InChI=1S/C20H43NO/c1-5-8-11-13-16-20(15-10-7-3,21-18-19(4)22)17-14-12-9-6-2/h19,21-22H,5-18H2,1-4H3. The summed E-state index contributed by atoms with van der Waals surface area (Å²) in [6.07, 6.45) is 16.9. The lowest BCUT2D eigenvalue weighted by Gasteiger charge is -2.36. The average Bonchev–Trinajstić information content (AvgIpc) is 2.51. The summed E-state index contributed by atoms with van der Waals surface area (Å²) in [6.45, 7) is 9.48. The van der Waals surface area contributed by atoms with Crippen LogP contribution in [0.5, 0.6) is 0 Å². The minimum atomic E-state index is -0.243. The Labute approximate surface area is 140 Å². The molecule has 0 aliphatic carbocycles. The van der Waals surface area contributed by atoms with Gasteiger partial charge in [0.15, 0.2) is 0 Å². The molecular formula is C20H43NO. The van der Waals surface area contributed by atoms with Gasteiger partial charge >= 0.3 is 0 Å². The van der Waals surface area contributed by atoms with Crippen LogP contribution in [0.1, 0.15) is 111 Å². The molecule has 0 aromatic carbocycles. The topological polar surface area (TPSA) is 32.3 Å². The van der Waals surface area contributed by atoms with Crippen molar-refractivity contribution in [3.63, 3.8) is 0 Å². The van der Waals surface area contributed by atoms with Gasteiger partial charge in [-0.2, -0.15) is 0 Å². The first-order valence-electron chi connectivity index (χ1n) is 10.0. The molecule has 2 heteroatoms. The normalized spacial score (nSPS) is 13.5. The van der Waals surface area contributed by atoms with Crippen molar-refractivity contribution in [3.8, 4) is 0 Å². The molecule has 0 fully saturated rings. The van der Waals surface area contributed by atoms with Gasteiger partial charge in [-0.05, 0) is 26.2 Å². The van der Waals surface area contributed by atoms with E-state index in [0.29, 0.717) is 0 Å². The molecule has 0 saturated heterocycles. The molecule has 0 rings (SSSR count). The van der Waals surface area contributed by atoms with E-state index >= 15 is 0 Å². The zero-order valence-electron chi connectivity index (χ0n) is 15.9. The number of hydrogen-bond donors (Lipinski definition) is 2. The Balaban J connectivity index is 4.56. The fraction of sp³-hybridized carbons (Fsp3) is 1.00. The molecule has 0 aromatic heterocycles. The van der Waals surface area contributed by atoms with Crippen LogP contribution in [0.25, 0.3) is 0 Å². The summed E-state index contributed by atoms with van der Waals surface area (Å²) < 4.78 is 0.